The van der Waals surface area contributed by atoms with Gasteiger partial charge < -0.3 is 19.3 Å². The third-order valence-corrected chi connectivity index (χ3v) is 8.68. The van der Waals surface area contributed by atoms with Crippen LogP contribution >= 0.6 is 11.3 Å². The summed E-state index contributed by atoms with van der Waals surface area (Å²) in [6, 6.07) is 20.8. The van der Waals surface area contributed by atoms with E-state index in [4.69, 9.17) is 14.2 Å². The zero-order chi connectivity index (χ0) is 31.7. The molecule has 1 saturated heterocycles. The maximum atomic E-state index is 13.7. The minimum atomic E-state index is -1.06. The van der Waals surface area contributed by atoms with Crippen LogP contribution in [0.5, 0.6) is 11.5 Å². The molecule has 4 aromatic rings. The number of ether oxygens (including phenoxy) is 3. The van der Waals surface area contributed by atoms with Gasteiger partial charge in [0.25, 0.3) is 5.78 Å². The molecule has 45 heavy (non-hydrogen) atoms. The van der Waals surface area contributed by atoms with Crippen molar-refractivity contribution < 1.29 is 33.7 Å². The van der Waals surface area contributed by atoms with Crippen LogP contribution in [0.15, 0.2) is 91.0 Å². The van der Waals surface area contributed by atoms with E-state index >= 15 is 0 Å². The third kappa shape index (κ3) is 5.84. The van der Waals surface area contributed by atoms with E-state index in [9.17, 15) is 19.5 Å². The second-order valence-corrected chi connectivity index (χ2v) is 11.7. The smallest absolute Gasteiger partial charge is 0.350 e. The lowest BCUT2D eigenvalue weighted by molar-refractivity contribution is -0.132. The van der Waals surface area contributed by atoms with Crippen LogP contribution in [0, 0.1) is 6.92 Å². The molecule has 1 fully saturated rings. The number of amides is 1. The molecule has 2 aliphatic heterocycles. The number of esters is 1. The van der Waals surface area contributed by atoms with E-state index in [0.717, 1.165) is 22.5 Å². The Kier molecular flexibility index (Phi) is 8.23. The molecule has 1 aromatic heterocycles. The first-order valence-electron chi connectivity index (χ1n) is 14.4. The molecule has 9 nitrogen and oxygen atoms in total. The van der Waals surface area contributed by atoms with Crippen molar-refractivity contribution in [2.75, 3.05) is 11.5 Å². The number of anilines is 1. The number of thiazole rings is 1. The molecular formula is C35H30N2O7S. The summed E-state index contributed by atoms with van der Waals surface area (Å²) in [5.41, 5.74) is 3.01. The van der Waals surface area contributed by atoms with Gasteiger partial charge in [-0.05, 0) is 60.9 Å². The molecule has 2 atom stereocenters. The van der Waals surface area contributed by atoms with E-state index in [-0.39, 0.29) is 34.1 Å². The number of aliphatic hydroxyl groups is 1. The summed E-state index contributed by atoms with van der Waals surface area (Å²) in [5, 5.41) is 11.8. The highest BCUT2D eigenvalue weighted by Gasteiger charge is 2.48. The van der Waals surface area contributed by atoms with Gasteiger partial charge in [0, 0.05) is 12.0 Å². The molecule has 0 radical (unpaired) electrons. The largest absolute Gasteiger partial charge is 0.507 e. The Hall–Kier alpha value is -5.22. The van der Waals surface area contributed by atoms with Crippen LogP contribution in [0.25, 0.3) is 5.76 Å². The van der Waals surface area contributed by atoms with Crippen LogP contribution in [0.2, 0.25) is 0 Å². The number of aryl methyl sites for hydroxylation is 1. The maximum Gasteiger partial charge on any atom is 0.350 e. The number of carbonyl (C=O) groups is 3. The van der Waals surface area contributed by atoms with Gasteiger partial charge in [-0.1, -0.05) is 66.5 Å². The monoisotopic (exact) mass is 622 g/mol. The third-order valence-electron chi connectivity index (χ3n) is 7.55. The number of aromatic nitrogens is 1. The Morgan fingerprint density at radius 1 is 1.13 bits per heavy atom. The summed E-state index contributed by atoms with van der Waals surface area (Å²) in [6.45, 7) is 7.46. The van der Waals surface area contributed by atoms with E-state index < -0.39 is 23.7 Å². The normalized spacial score (nSPS) is 18.4. The van der Waals surface area contributed by atoms with Gasteiger partial charge in [-0.3, -0.25) is 14.5 Å². The van der Waals surface area contributed by atoms with E-state index in [2.05, 4.69) is 11.6 Å². The Labute approximate surface area is 264 Å². The second-order valence-electron chi connectivity index (χ2n) is 10.8. The Morgan fingerprint density at radius 3 is 2.71 bits per heavy atom. The molecule has 1 N–H and O–H groups in total. The Morgan fingerprint density at radius 2 is 1.93 bits per heavy atom. The van der Waals surface area contributed by atoms with Gasteiger partial charge in [0.1, 0.15) is 41.5 Å². The van der Waals surface area contributed by atoms with Crippen molar-refractivity contribution in [1.82, 2.24) is 4.98 Å². The van der Waals surface area contributed by atoms with Gasteiger partial charge in [0.2, 0.25) is 0 Å². The average Bonchev–Trinajstić information content (AvgIpc) is 3.70. The van der Waals surface area contributed by atoms with Gasteiger partial charge in [0.15, 0.2) is 5.13 Å². The number of benzene rings is 3. The first-order valence-corrected chi connectivity index (χ1v) is 15.2. The van der Waals surface area contributed by atoms with Crippen molar-refractivity contribution in [3.05, 3.63) is 124 Å². The number of rotatable bonds is 9. The van der Waals surface area contributed by atoms with E-state index in [1.54, 1.807) is 49.4 Å². The summed E-state index contributed by atoms with van der Waals surface area (Å²) >= 11 is 0.938. The molecule has 228 valence electrons. The number of nitrogens with zero attached hydrogens (tertiary/aromatic N) is 2. The van der Waals surface area contributed by atoms with E-state index in [0.29, 0.717) is 41.3 Å². The topological polar surface area (TPSA) is 115 Å². The first-order chi connectivity index (χ1) is 21.7. The molecule has 0 unspecified atom stereocenters. The maximum absolute atomic E-state index is 13.7. The van der Waals surface area contributed by atoms with Crippen LogP contribution in [0.3, 0.4) is 0 Å². The quantitative estimate of drug-likeness (QED) is 0.0758. The van der Waals surface area contributed by atoms with Crippen molar-refractivity contribution in [2.45, 2.75) is 39.0 Å². The molecule has 10 heteroatoms. The molecule has 0 bridgehead atoms. The van der Waals surface area contributed by atoms with Crippen molar-refractivity contribution >= 4 is 39.9 Å². The zero-order valence-corrected chi connectivity index (χ0v) is 25.5. The highest BCUT2D eigenvalue weighted by atomic mass is 32.1. The van der Waals surface area contributed by atoms with Crippen LogP contribution in [-0.2, 0) is 27.4 Å². The van der Waals surface area contributed by atoms with Gasteiger partial charge in [-0.25, -0.2) is 9.78 Å². The molecule has 2 aliphatic rings. The van der Waals surface area contributed by atoms with Crippen molar-refractivity contribution in [2.24, 2.45) is 0 Å². The predicted octanol–water partition coefficient (Wildman–Crippen LogP) is 6.32. The fraction of sp³-hybridized carbons (Fsp3) is 0.200. The number of aliphatic hydroxyl groups excluding tert-OH is 1. The molecule has 0 spiro atoms. The number of carbonyl (C=O) groups excluding carboxylic acids is 3. The molecule has 6 rings (SSSR count). The first kappa shape index (κ1) is 29.8. The number of hydrogen-bond donors (Lipinski definition) is 1. The van der Waals surface area contributed by atoms with Gasteiger partial charge in [-0.2, -0.15) is 0 Å². The SMILES string of the molecule is C=CCOC(=O)c1sc(N2C(=O)C(=O)/C(=C(/O)c3ccc4c(c3)C[C@H](C)O4)[C@H]2c2cccc(OCc3ccccc3)c2)nc1C. The van der Waals surface area contributed by atoms with Crippen LogP contribution in [-0.4, -0.2) is 40.5 Å². The van der Waals surface area contributed by atoms with Crippen molar-refractivity contribution in [1.29, 1.82) is 0 Å². The standard InChI is InChI=1S/C35H30N2O7S/c1-4-15-42-34(41)32-21(3)36-35(45-32)37-29(23-11-8-12-26(18-23)43-19-22-9-6-5-7-10-22)28(31(39)33(37)40)30(38)24-13-14-27-25(17-24)16-20(2)44-27/h4-14,17-18,20,29,38H,1,15-16,19H2,2-3H3/b30-28+/t20-,29+/m0/s1. The molecule has 3 heterocycles. The molecule has 3 aromatic carbocycles. The highest BCUT2D eigenvalue weighted by molar-refractivity contribution is 7.17. The van der Waals surface area contributed by atoms with Crippen molar-refractivity contribution in [3.8, 4) is 11.5 Å². The number of fused-ring (bicyclic) bond motifs is 1. The summed E-state index contributed by atoms with van der Waals surface area (Å²) in [6.07, 6.45) is 2.09. The molecule has 0 aliphatic carbocycles. The number of ketones is 1. The summed E-state index contributed by atoms with van der Waals surface area (Å²) in [4.78, 5) is 46.1. The average molecular weight is 623 g/mol. The van der Waals surface area contributed by atoms with Crippen LogP contribution in [0.1, 0.15) is 50.6 Å². The lowest BCUT2D eigenvalue weighted by atomic mass is 9.94. The predicted molar refractivity (Wildman–Crippen MR) is 170 cm³/mol. The Bertz CT molecular complexity index is 1850. The van der Waals surface area contributed by atoms with Gasteiger partial charge >= 0.3 is 11.9 Å². The summed E-state index contributed by atoms with van der Waals surface area (Å²) in [5.74, 6) is -1.46. The molecule has 1 amide bonds. The fourth-order valence-electron chi connectivity index (χ4n) is 5.46. The number of hydrogen-bond acceptors (Lipinski definition) is 9. The van der Waals surface area contributed by atoms with E-state index in [1.807, 2.05) is 37.3 Å². The lowest BCUT2D eigenvalue weighted by Gasteiger charge is -2.23. The summed E-state index contributed by atoms with van der Waals surface area (Å²) < 4.78 is 17.1. The fourth-order valence-corrected chi connectivity index (χ4v) is 6.45. The van der Waals surface area contributed by atoms with Gasteiger partial charge in [0.05, 0.1) is 17.3 Å². The van der Waals surface area contributed by atoms with Crippen molar-refractivity contribution in [3.63, 3.8) is 0 Å². The zero-order valence-electron chi connectivity index (χ0n) is 24.7. The van der Waals surface area contributed by atoms with Gasteiger partial charge in [-0.15, -0.1) is 0 Å². The lowest BCUT2D eigenvalue weighted by Crippen LogP contribution is -2.29. The molecular weight excluding hydrogens is 592 g/mol. The molecule has 0 saturated carbocycles. The van der Waals surface area contributed by atoms with E-state index in [1.165, 1.54) is 11.0 Å². The Balaban J connectivity index is 1.44. The number of Topliss-reactive ketones (excluding diaryl/α,β-unsaturated/α-hetero) is 1. The van der Waals surface area contributed by atoms with Crippen LogP contribution in [0.4, 0.5) is 5.13 Å². The summed E-state index contributed by atoms with van der Waals surface area (Å²) in [7, 11) is 0. The minimum Gasteiger partial charge on any atom is -0.507 e. The second kappa shape index (κ2) is 12.4. The van der Waals surface area contributed by atoms with Crippen LogP contribution < -0.4 is 14.4 Å². The highest BCUT2D eigenvalue weighted by Crippen LogP contribution is 2.45. The minimum absolute atomic E-state index is 0.0103.